The van der Waals surface area contributed by atoms with Crippen LogP contribution in [0.4, 0.5) is 5.69 Å². The van der Waals surface area contributed by atoms with E-state index in [0.717, 1.165) is 16.7 Å². The highest BCUT2D eigenvalue weighted by molar-refractivity contribution is 6.34. The van der Waals surface area contributed by atoms with Gasteiger partial charge in [-0.3, -0.25) is 19.2 Å². The Labute approximate surface area is 276 Å². The molecule has 46 heavy (non-hydrogen) atoms. The fraction of sp³-hybridized carbons (Fsp3) is 0.389. The van der Waals surface area contributed by atoms with E-state index in [2.05, 4.69) is 16.1 Å². The second-order valence-corrected chi connectivity index (χ2v) is 12.0. The van der Waals surface area contributed by atoms with Gasteiger partial charge in [0.05, 0.1) is 24.3 Å². The maximum atomic E-state index is 13.4. The standard InChI is InChI=1S/C36H44ClN3O6/c1-6-27(20-21-36(4,7-2)35(44)40-46-23-26-13-9-8-10-14-26)32(41)39-30(34(43)45-5)22-25-16-18-28(19-17-25)38-33(42)31-24(3)12-11-15-29(31)37/h8-19,27,30H,6-7,20-23H2,1-5H3,(H,38,42)(H,39,41)(H,40,44)/t27-,30+,36+/m1/s1. The Balaban J connectivity index is 1.58. The Kier molecular flexibility index (Phi) is 13.8. The second-order valence-electron chi connectivity index (χ2n) is 11.6. The molecule has 0 saturated carbocycles. The molecule has 0 spiro atoms. The molecule has 0 unspecified atom stereocenters. The summed E-state index contributed by atoms with van der Waals surface area (Å²) >= 11 is 6.23. The number of carbonyl (C=O) groups excluding carboxylic acids is 4. The predicted octanol–water partition coefficient (Wildman–Crippen LogP) is 6.57. The maximum Gasteiger partial charge on any atom is 0.328 e. The van der Waals surface area contributed by atoms with Gasteiger partial charge in [0.15, 0.2) is 0 Å². The number of amides is 3. The predicted molar refractivity (Wildman–Crippen MR) is 179 cm³/mol. The van der Waals surface area contributed by atoms with Crippen molar-refractivity contribution in [3.05, 3.63) is 100 Å². The van der Waals surface area contributed by atoms with Crippen molar-refractivity contribution in [1.82, 2.24) is 10.8 Å². The molecule has 10 heteroatoms. The zero-order valence-corrected chi connectivity index (χ0v) is 27.9. The van der Waals surface area contributed by atoms with E-state index >= 15 is 0 Å². The van der Waals surface area contributed by atoms with E-state index in [1.54, 1.807) is 36.4 Å². The molecule has 0 heterocycles. The summed E-state index contributed by atoms with van der Waals surface area (Å²) in [6.07, 6.45) is 2.20. The van der Waals surface area contributed by atoms with Crippen LogP contribution in [0, 0.1) is 18.3 Å². The molecule has 0 aromatic heterocycles. The average Bonchev–Trinajstić information content (AvgIpc) is 3.05. The van der Waals surface area contributed by atoms with Crippen molar-refractivity contribution in [2.24, 2.45) is 11.3 Å². The number of hydrogen-bond donors (Lipinski definition) is 3. The Bertz CT molecular complexity index is 1460. The zero-order chi connectivity index (χ0) is 33.7. The molecule has 0 aliphatic carbocycles. The van der Waals surface area contributed by atoms with Gasteiger partial charge in [0.25, 0.3) is 5.91 Å². The quantitative estimate of drug-likeness (QED) is 0.119. The maximum absolute atomic E-state index is 13.4. The molecule has 0 bridgehead atoms. The third-order valence-corrected chi connectivity index (χ3v) is 8.70. The molecule has 0 aliphatic rings. The van der Waals surface area contributed by atoms with E-state index in [-0.39, 0.29) is 30.7 Å². The van der Waals surface area contributed by atoms with Gasteiger partial charge in [-0.15, -0.1) is 0 Å². The molecule has 0 saturated heterocycles. The minimum absolute atomic E-state index is 0.195. The summed E-state index contributed by atoms with van der Waals surface area (Å²) in [5.74, 6) is -1.83. The normalized spacial score (nSPS) is 13.5. The lowest BCUT2D eigenvalue weighted by molar-refractivity contribution is -0.146. The number of ether oxygens (including phenoxy) is 1. The summed E-state index contributed by atoms with van der Waals surface area (Å²) < 4.78 is 4.99. The van der Waals surface area contributed by atoms with Crippen LogP contribution in [0.15, 0.2) is 72.8 Å². The van der Waals surface area contributed by atoms with Gasteiger partial charge in [-0.2, -0.15) is 0 Å². The number of hydroxylamine groups is 1. The van der Waals surface area contributed by atoms with E-state index in [4.69, 9.17) is 21.2 Å². The smallest absolute Gasteiger partial charge is 0.328 e. The molecule has 0 aliphatic heterocycles. The van der Waals surface area contributed by atoms with E-state index < -0.39 is 23.3 Å². The number of anilines is 1. The number of carbonyl (C=O) groups is 4. The first kappa shape index (κ1) is 36.3. The number of benzene rings is 3. The fourth-order valence-corrected chi connectivity index (χ4v) is 5.35. The molecule has 3 N–H and O–H groups in total. The van der Waals surface area contributed by atoms with E-state index in [1.165, 1.54) is 7.11 Å². The lowest BCUT2D eigenvalue weighted by atomic mass is 9.79. The fourth-order valence-electron chi connectivity index (χ4n) is 5.04. The van der Waals surface area contributed by atoms with Gasteiger partial charge in [-0.1, -0.05) is 87.0 Å². The largest absolute Gasteiger partial charge is 0.467 e. The number of aryl methyl sites for hydroxylation is 1. The first-order valence-corrected chi connectivity index (χ1v) is 15.9. The van der Waals surface area contributed by atoms with Gasteiger partial charge in [-0.05, 0) is 67.5 Å². The molecule has 3 amide bonds. The first-order valence-electron chi connectivity index (χ1n) is 15.5. The average molecular weight is 650 g/mol. The van der Waals surface area contributed by atoms with Gasteiger partial charge < -0.3 is 15.4 Å². The van der Waals surface area contributed by atoms with Crippen LogP contribution < -0.4 is 16.1 Å². The van der Waals surface area contributed by atoms with Crippen molar-refractivity contribution >= 4 is 41.0 Å². The molecule has 0 radical (unpaired) electrons. The van der Waals surface area contributed by atoms with Crippen molar-refractivity contribution < 1.29 is 28.8 Å². The lowest BCUT2D eigenvalue weighted by Crippen LogP contribution is -2.46. The molecule has 3 atom stereocenters. The molecule has 3 aromatic carbocycles. The molecular formula is C36H44ClN3O6. The van der Waals surface area contributed by atoms with E-state index in [0.29, 0.717) is 42.0 Å². The summed E-state index contributed by atoms with van der Waals surface area (Å²) in [5, 5.41) is 6.07. The van der Waals surface area contributed by atoms with Crippen LogP contribution in [0.3, 0.4) is 0 Å². The molecule has 3 rings (SSSR count). The van der Waals surface area contributed by atoms with E-state index in [9.17, 15) is 19.2 Å². The van der Waals surface area contributed by atoms with Crippen molar-refractivity contribution in [2.45, 2.75) is 72.4 Å². The van der Waals surface area contributed by atoms with Crippen LogP contribution in [0.25, 0.3) is 0 Å². The highest BCUT2D eigenvalue weighted by Gasteiger charge is 2.34. The lowest BCUT2D eigenvalue weighted by Gasteiger charge is -2.28. The number of esters is 1. The SMILES string of the molecule is CC[C@H](CC[C@](C)(CC)C(=O)NOCc1ccccc1)C(=O)N[C@@H](Cc1ccc(NC(=O)c2c(C)cccc2Cl)cc1)C(=O)OC. The van der Waals surface area contributed by atoms with Gasteiger partial charge in [0.1, 0.15) is 6.04 Å². The number of nitrogens with one attached hydrogen (secondary N) is 3. The number of hydrogen-bond acceptors (Lipinski definition) is 6. The summed E-state index contributed by atoms with van der Waals surface area (Å²) in [6, 6.07) is 20.9. The third-order valence-electron chi connectivity index (χ3n) is 8.39. The van der Waals surface area contributed by atoms with Gasteiger partial charge in [-0.25, -0.2) is 10.3 Å². The van der Waals surface area contributed by atoms with Gasteiger partial charge in [0, 0.05) is 23.4 Å². The van der Waals surface area contributed by atoms with Crippen LogP contribution in [0.2, 0.25) is 5.02 Å². The van der Waals surface area contributed by atoms with Gasteiger partial charge >= 0.3 is 5.97 Å². The van der Waals surface area contributed by atoms with Crippen molar-refractivity contribution in [3.63, 3.8) is 0 Å². The van der Waals surface area contributed by atoms with Crippen molar-refractivity contribution in [2.75, 3.05) is 12.4 Å². The summed E-state index contributed by atoms with van der Waals surface area (Å²) in [7, 11) is 1.28. The minimum atomic E-state index is -0.912. The van der Waals surface area contributed by atoms with E-state index in [1.807, 2.05) is 64.1 Å². The van der Waals surface area contributed by atoms with Crippen LogP contribution in [0.5, 0.6) is 0 Å². The Morgan fingerprint density at radius 3 is 2.22 bits per heavy atom. The number of methoxy groups -OCH3 is 1. The Morgan fingerprint density at radius 1 is 0.913 bits per heavy atom. The van der Waals surface area contributed by atoms with Crippen LogP contribution in [-0.4, -0.2) is 36.8 Å². The molecule has 3 aromatic rings. The topological polar surface area (TPSA) is 123 Å². The summed E-state index contributed by atoms with van der Waals surface area (Å²) in [6.45, 7) is 7.76. The number of halogens is 1. The van der Waals surface area contributed by atoms with Crippen molar-refractivity contribution in [3.8, 4) is 0 Å². The monoisotopic (exact) mass is 649 g/mol. The third kappa shape index (κ3) is 10.2. The molecule has 9 nitrogen and oxygen atoms in total. The van der Waals surface area contributed by atoms with Crippen LogP contribution >= 0.6 is 11.6 Å². The van der Waals surface area contributed by atoms with Crippen LogP contribution in [0.1, 0.15) is 73.5 Å². The second kappa shape index (κ2) is 17.5. The Hall–Kier alpha value is -4.21. The molecular weight excluding hydrogens is 606 g/mol. The van der Waals surface area contributed by atoms with Crippen LogP contribution in [-0.2, 0) is 37.0 Å². The summed E-state index contributed by atoms with van der Waals surface area (Å²) in [4.78, 5) is 57.3. The van der Waals surface area contributed by atoms with Gasteiger partial charge in [0.2, 0.25) is 11.8 Å². The minimum Gasteiger partial charge on any atom is -0.467 e. The zero-order valence-electron chi connectivity index (χ0n) is 27.2. The number of rotatable bonds is 16. The van der Waals surface area contributed by atoms with Crippen molar-refractivity contribution in [1.29, 1.82) is 0 Å². The highest BCUT2D eigenvalue weighted by atomic mass is 35.5. The molecule has 0 fully saturated rings. The summed E-state index contributed by atoms with van der Waals surface area (Å²) in [5.41, 5.74) is 5.27. The first-order chi connectivity index (χ1) is 22.0. The Morgan fingerprint density at radius 2 is 1.61 bits per heavy atom. The molecule has 246 valence electrons. The highest BCUT2D eigenvalue weighted by Crippen LogP contribution is 2.31.